The van der Waals surface area contributed by atoms with E-state index in [2.05, 4.69) is 15.9 Å². The van der Waals surface area contributed by atoms with Gasteiger partial charge in [-0.3, -0.25) is 14.5 Å². The molecule has 1 aromatic carbocycles. The van der Waals surface area contributed by atoms with E-state index in [0.717, 1.165) is 25.7 Å². The van der Waals surface area contributed by atoms with Crippen LogP contribution in [0.1, 0.15) is 32.1 Å². The van der Waals surface area contributed by atoms with Crippen molar-refractivity contribution >= 4 is 33.4 Å². The highest BCUT2D eigenvalue weighted by Crippen LogP contribution is 2.48. The Morgan fingerprint density at radius 3 is 2.53 bits per heavy atom. The van der Waals surface area contributed by atoms with Gasteiger partial charge in [-0.15, -0.1) is 0 Å². The van der Waals surface area contributed by atoms with E-state index >= 15 is 0 Å². The van der Waals surface area contributed by atoms with Gasteiger partial charge in [-0.25, -0.2) is 4.39 Å². The summed E-state index contributed by atoms with van der Waals surface area (Å²) < 4.78 is 13.5. The van der Waals surface area contributed by atoms with Crippen molar-refractivity contribution in [3.8, 4) is 0 Å². The minimum atomic E-state index is -0.488. The normalized spacial score (nSPS) is 21.7. The molecule has 0 unspecified atom stereocenters. The van der Waals surface area contributed by atoms with Crippen LogP contribution in [0.15, 0.2) is 22.7 Å². The minimum Gasteiger partial charge on any atom is -0.274 e. The Labute approximate surface area is 118 Å². The van der Waals surface area contributed by atoms with E-state index < -0.39 is 11.2 Å². The van der Waals surface area contributed by atoms with E-state index in [1.807, 2.05) is 0 Å². The third-order valence-corrected chi connectivity index (χ3v) is 4.73. The van der Waals surface area contributed by atoms with Gasteiger partial charge in [0.15, 0.2) is 0 Å². The molecule has 0 atom stereocenters. The molecular formula is C14H13BrFNO2. The summed E-state index contributed by atoms with van der Waals surface area (Å²) in [6.45, 7) is 0. The lowest BCUT2D eigenvalue weighted by Crippen LogP contribution is -2.34. The second-order valence-electron chi connectivity index (χ2n) is 5.30. The lowest BCUT2D eigenvalue weighted by Gasteiger charge is -2.21. The lowest BCUT2D eigenvalue weighted by molar-refractivity contribution is -0.125. The summed E-state index contributed by atoms with van der Waals surface area (Å²) in [5.74, 6) is -0.697. The average Bonchev–Trinajstić information content (AvgIpc) is 2.91. The second-order valence-corrected chi connectivity index (χ2v) is 6.15. The van der Waals surface area contributed by atoms with Crippen molar-refractivity contribution in [1.82, 2.24) is 0 Å². The van der Waals surface area contributed by atoms with Gasteiger partial charge in [-0.1, -0.05) is 12.8 Å². The molecule has 2 fully saturated rings. The highest BCUT2D eigenvalue weighted by Gasteiger charge is 2.53. The van der Waals surface area contributed by atoms with Crippen LogP contribution < -0.4 is 4.90 Å². The molecule has 2 amide bonds. The van der Waals surface area contributed by atoms with Crippen LogP contribution in [0.2, 0.25) is 0 Å². The monoisotopic (exact) mass is 325 g/mol. The number of hydrogen-bond donors (Lipinski definition) is 0. The maximum absolute atomic E-state index is 13.2. The first kappa shape index (κ1) is 12.8. The van der Waals surface area contributed by atoms with Crippen molar-refractivity contribution < 1.29 is 14.0 Å². The Balaban J connectivity index is 1.98. The number of anilines is 1. The van der Waals surface area contributed by atoms with E-state index in [0.29, 0.717) is 12.1 Å². The lowest BCUT2D eigenvalue weighted by atomic mass is 9.84. The number of halogens is 2. The number of carbonyl (C=O) groups excluding carboxylic acids is 2. The van der Waals surface area contributed by atoms with Gasteiger partial charge >= 0.3 is 0 Å². The van der Waals surface area contributed by atoms with Gasteiger partial charge in [0.25, 0.3) is 0 Å². The molecule has 1 spiro atoms. The molecule has 1 aliphatic heterocycles. The van der Waals surface area contributed by atoms with Crippen molar-refractivity contribution in [3.05, 3.63) is 28.5 Å². The van der Waals surface area contributed by atoms with Crippen molar-refractivity contribution in [2.24, 2.45) is 5.41 Å². The highest BCUT2D eigenvalue weighted by molar-refractivity contribution is 9.10. The number of amides is 2. The summed E-state index contributed by atoms with van der Waals surface area (Å²) >= 11 is 3.08. The van der Waals surface area contributed by atoms with Crippen molar-refractivity contribution in [2.75, 3.05) is 4.90 Å². The molecule has 3 nitrogen and oxygen atoms in total. The van der Waals surface area contributed by atoms with Gasteiger partial charge in [-0.2, -0.15) is 0 Å². The largest absolute Gasteiger partial charge is 0.274 e. The predicted octanol–water partition coefficient (Wildman–Crippen LogP) is 3.41. The molecule has 0 N–H and O–H groups in total. The SMILES string of the molecule is O=C1CC2(CCCC2)C(=O)N1c1ccc(F)c(Br)c1. The number of nitrogens with zero attached hydrogens (tertiary/aromatic N) is 1. The summed E-state index contributed by atoms with van der Waals surface area (Å²) in [5.41, 5.74) is -0.0372. The van der Waals surface area contributed by atoms with Gasteiger partial charge in [-0.05, 0) is 47.0 Å². The van der Waals surface area contributed by atoms with Gasteiger partial charge in [0.2, 0.25) is 11.8 Å². The maximum Gasteiger partial charge on any atom is 0.240 e. The molecule has 5 heteroatoms. The average molecular weight is 326 g/mol. The highest BCUT2D eigenvalue weighted by atomic mass is 79.9. The quantitative estimate of drug-likeness (QED) is 0.742. The summed E-state index contributed by atoms with van der Waals surface area (Å²) in [7, 11) is 0. The molecule has 1 aromatic rings. The molecule has 19 heavy (non-hydrogen) atoms. The van der Waals surface area contributed by atoms with E-state index in [-0.39, 0.29) is 16.3 Å². The number of imide groups is 1. The molecule has 100 valence electrons. The number of hydrogen-bond acceptors (Lipinski definition) is 2. The van der Waals surface area contributed by atoms with Crippen LogP contribution >= 0.6 is 15.9 Å². The number of rotatable bonds is 1. The Morgan fingerprint density at radius 2 is 1.89 bits per heavy atom. The first-order valence-corrected chi connectivity index (χ1v) is 7.15. The van der Waals surface area contributed by atoms with Crippen LogP contribution in [0.25, 0.3) is 0 Å². The molecule has 1 saturated heterocycles. The fourth-order valence-electron chi connectivity index (χ4n) is 3.12. The first-order chi connectivity index (χ1) is 9.03. The van der Waals surface area contributed by atoms with Gasteiger partial charge < -0.3 is 0 Å². The zero-order valence-corrected chi connectivity index (χ0v) is 11.9. The van der Waals surface area contributed by atoms with Crippen LogP contribution in [-0.4, -0.2) is 11.8 Å². The fraction of sp³-hybridized carbons (Fsp3) is 0.429. The molecule has 0 aromatic heterocycles. The Hall–Kier alpha value is -1.23. The molecule has 3 rings (SSSR count). The first-order valence-electron chi connectivity index (χ1n) is 6.36. The topological polar surface area (TPSA) is 37.4 Å². The summed E-state index contributed by atoms with van der Waals surface area (Å²) in [6.07, 6.45) is 3.87. The summed E-state index contributed by atoms with van der Waals surface area (Å²) in [6, 6.07) is 4.22. The van der Waals surface area contributed by atoms with E-state index in [4.69, 9.17) is 0 Å². The molecule has 0 bridgehead atoms. The Bertz CT molecular complexity index is 567. The molecular weight excluding hydrogens is 313 g/mol. The van der Waals surface area contributed by atoms with E-state index in [1.165, 1.54) is 23.1 Å². The molecule has 1 aliphatic carbocycles. The number of benzene rings is 1. The Morgan fingerprint density at radius 1 is 1.21 bits per heavy atom. The van der Waals surface area contributed by atoms with Crippen LogP contribution in [0.3, 0.4) is 0 Å². The Kier molecular flexibility index (Phi) is 2.96. The minimum absolute atomic E-state index is 0.117. The van der Waals surface area contributed by atoms with Crippen LogP contribution in [0.4, 0.5) is 10.1 Å². The second kappa shape index (κ2) is 4.40. The standard InChI is InChI=1S/C14H13BrFNO2/c15-10-7-9(3-4-11(10)16)17-12(18)8-14(13(17)19)5-1-2-6-14/h3-4,7H,1-2,5-6,8H2. The van der Waals surface area contributed by atoms with Crippen LogP contribution in [0, 0.1) is 11.2 Å². The van der Waals surface area contributed by atoms with E-state index in [1.54, 1.807) is 0 Å². The number of carbonyl (C=O) groups is 2. The molecule has 1 saturated carbocycles. The van der Waals surface area contributed by atoms with Gasteiger partial charge in [0.1, 0.15) is 5.82 Å². The third-order valence-electron chi connectivity index (χ3n) is 4.12. The van der Waals surface area contributed by atoms with Crippen LogP contribution in [0.5, 0.6) is 0 Å². The maximum atomic E-state index is 13.2. The molecule has 1 heterocycles. The van der Waals surface area contributed by atoms with Gasteiger partial charge in [0.05, 0.1) is 15.6 Å². The van der Waals surface area contributed by atoms with Crippen LogP contribution in [-0.2, 0) is 9.59 Å². The third kappa shape index (κ3) is 1.91. The zero-order valence-electron chi connectivity index (χ0n) is 10.3. The van der Waals surface area contributed by atoms with Crippen molar-refractivity contribution in [1.29, 1.82) is 0 Å². The van der Waals surface area contributed by atoms with Gasteiger partial charge in [0, 0.05) is 6.42 Å². The zero-order chi connectivity index (χ0) is 13.6. The molecule has 0 radical (unpaired) electrons. The summed E-state index contributed by atoms with van der Waals surface area (Å²) in [4.78, 5) is 25.9. The molecule has 2 aliphatic rings. The fourth-order valence-corrected chi connectivity index (χ4v) is 3.49. The van der Waals surface area contributed by atoms with E-state index in [9.17, 15) is 14.0 Å². The summed E-state index contributed by atoms with van der Waals surface area (Å²) in [5, 5.41) is 0. The van der Waals surface area contributed by atoms with Crippen molar-refractivity contribution in [3.63, 3.8) is 0 Å². The van der Waals surface area contributed by atoms with Crippen molar-refractivity contribution in [2.45, 2.75) is 32.1 Å². The predicted molar refractivity (Wildman–Crippen MR) is 72.1 cm³/mol. The smallest absolute Gasteiger partial charge is 0.240 e.